The van der Waals surface area contributed by atoms with Gasteiger partial charge in [-0.1, -0.05) is 6.07 Å². The summed E-state index contributed by atoms with van der Waals surface area (Å²) >= 11 is 1.58. The minimum atomic E-state index is -0.872. The van der Waals surface area contributed by atoms with Crippen molar-refractivity contribution in [2.24, 2.45) is 5.92 Å². The summed E-state index contributed by atoms with van der Waals surface area (Å²) in [5.74, 6) is -0.855. The number of hydrogen-bond donors (Lipinski definition) is 3. The summed E-state index contributed by atoms with van der Waals surface area (Å²) in [5.41, 5.74) is 0. The molecule has 1 atom stereocenters. The molecule has 1 aliphatic carbocycles. The molecule has 1 aromatic rings. The van der Waals surface area contributed by atoms with Crippen molar-refractivity contribution < 1.29 is 14.7 Å². The van der Waals surface area contributed by atoms with Crippen molar-refractivity contribution >= 4 is 23.2 Å². The topological polar surface area (TPSA) is 78.4 Å². The normalized spacial score (nSPS) is 16.2. The van der Waals surface area contributed by atoms with Gasteiger partial charge in [0.25, 0.3) is 0 Å². The van der Waals surface area contributed by atoms with Crippen LogP contribution in [0.5, 0.6) is 0 Å². The number of rotatable bonds is 7. The Morgan fingerprint density at radius 3 is 2.83 bits per heavy atom. The van der Waals surface area contributed by atoms with Crippen LogP contribution in [0.15, 0.2) is 17.5 Å². The number of nitrogens with one attached hydrogen (secondary N) is 2. The predicted octanol–water partition coefficient (Wildman–Crippen LogP) is 0.817. The lowest BCUT2D eigenvalue weighted by Gasteiger charge is -2.13. The summed E-state index contributed by atoms with van der Waals surface area (Å²) in [6, 6.07) is 3.29. The van der Waals surface area contributed by atoms with E-state index in [4.69, 9.17) is 5.11 Å². The molecule has 6 heteroatoms. The van der Waals surface area contributed by atoms with E-state index in [1.807, 2.05) is 17.5 Å². The van der Waals surface area contributed by atoms with Crippen molar-refractivity contribution in [2.75, 3.05) is 6.54 Å². The summed E-state index contributed by atoms with van der Waals surface area (Å²) in [5, 5.41) is 16.5. The zero-order chi connectivity index (χ0) is 13.0. The fourth-order valence-corrected chi connectivity index (χ4v) is 2.39. The average Bonchev–Trinajstić information content (AvgIpc) is 3.02. The Labute approximate surface area is 109 Å². The minimum absolute atomic E-state index is 0.0544. The fraction of sp³-hybridized carbons (Fsp3) is 0.500. The van der Waals surface area contributed by atoms with E-state index in [0.717, 1.165) is 17.7 Å². The van der Waals surface area contributed by atoms with E-state index >= 15 is 0 Å². The number of amides is 1. The number of carbonyl (C=O) groups is 2. The second kappa shape index (κ2) is 5.97. The van der Waals surface area contributed by atoms with Crippen molar-refractivity contribution in [2.45, 2.75) is 25.4 Å². The molecule has 2 rings (SSSR count). The molecule has 5 nitrogen and oxygen atoms in total. The maximum Gasteiger partial charge on any atom is 0.320 e. The summed E-state index contributed by atoms with van der Waals surface area (Å²) in [6.07, 6.45) is 1.86. The molecule has 0 radical (unpaired) electrons. The first-order chi connectivity index (χ1) is 8.66. The van der Waals surface area contributed by atoms with Crippen molar-refractivity contribution in [1.29, 1.82) is 0 Å². The van der Waals surface area contributed by atoms with E-state index < -0.39 is 12.0 Å². The molecule has 1 saturated carbocycles. The zero-order valence-electron chi connectivity index (χ0n) is 9.89. The first-order valence-corrected chi connectivity index (χ1v) is 6.80. The molecular formula is C12H16N2O3S. The Bertz CT molecular complexity index is 415. The first kappa shape index (κ1) is 13.0. The number of carboxylic acids is 1. The first-order valence-electron chi connectivity index (χ1n) is 5.92. The molecule has 1 unspecified atom stereocenters. The highest BCUT2D eigenvalue weighted by Crippen LogP contribution is 2.32. The van der Waals surface area contributed by atoms with Gasteiger partial charge < -0.3 is 10.4 Å². The molecule has 1 fully saturated rings. The van der Waals surface area contributed by atoms with E-state index in [9.17, 15) is 9.59 Å². The number of aliphatic carboxylic acids is 1. The third-order valence-electron chi connectivity index (χ3n) is 2.88. The second-order valence-electron chi connectivity index (χ2n) is 4.39. The molecule has 3 N–H and O–H groups in total. The molecule has 18 heavy (non-hydrogen) atoms. The van der Waals surface area contributed by atoms with Gasteiger partial charge in [0.05, 0.1) is 13.1 Å². The third-order valence-corrected chi connectivity index (χ3v) is 3.76. The van der Waals surface area contributed by atoms with Gasteiger partial charge in [0.15, 0.2) is 0 Å². The third kappa shape index (κ3) is 3.82. The molecule has 98 valence electrons. The van der Waals surface area contributed by atoms with Crippen LogP contribution >= 0.6 is 11.3 Å². The number of carbonyl (C=O) groups excluding carboxylic acids is 1. The molecule has 1 aliphatic rings. The lowest BCUT2D eigenvalue weighted by molar-refractivity contribution is -0.140. The van der Waals surface area contributed by atoms with Crippen LogP contribution in [0.25, 0.3) is 0 Å². The van der Waals surface area contributed by atoms with Crippen molar-refractivity contribution in [3.63, 3.8) is 0 Å². The molecule has 1 heterocycles. The smallest absolute Gasteiger partial charge is 0.320 e. The maximum absolute atomic E-state index is 11.5. The average molecular weight is 268 g/mol. The predicted molar refractivity (Wildman–Crippen MR) is 68.3 cm³/mol. The van der Waals surface area contributed by atoms with Gasteiger partial charge in [0.2, 0.25) is 5.91 Å². The van der Waals surface area contributed by atoms with Crippen LogP contribution in [0.1, 0.15) is 17.7 Å². The van der Waals surface area contributed by atoms with E-state index in [1.165, 1.54) is 0 Å². The van der Waals surface area contributed by atoms with Crippen LogP contribution in [-0.4, -0.2) is 29.6 Å². The van der Waals surface area contributed by atoms with Gasteiger partial charge in [-0.05, 0) is 30.2 Å². The van der Waals surface area contributed by atoms with Gasteiger partial charge in [-0.3, -0.25) is 14.9 Å². The molecule has 0 spiro atoms. The van der Waals surface area contributed by atoms with Crippen LogP contribution < -0.4 is 10.6 Å². The van der Waals surface area contributed by atoms with Crippen molar-refractivity contribution in [3.8, 4) is 0 Å². The van der Waals surface area contributed by atoms with E-state index in [-0.39, 0.29) is 18.4 Å². The van der Waals surface area contributed by atoms with Crippen LogP contribution in [-0.2, 0) is 16.1 Å². The van der Waals surface area contributed by atoms with E-state index in [0.29, 0.717) is 6.54 Å². The summed E-state index contributed by atoms with van der Waals surface area (Å²) in [7, 11) is 0. The SMILES string of the molecule is O=C(CNC(C(=O)O)C1CC1)NCc1cccs1. The Hall–Kier alpha value is -1.40. The Morgan fingerprint density at radius 2 is 2.28 bits per heavy atom. The quantitative estimate of drug-likeness (QED) is 0.684. The van der Waals surface area contributed by atoms with Crippen molar-refractivity contribution in [3.05, 3.63) is 22.4 Å². The van der Waals surface area contributed by atoms with Crippen molar-refractivity contribution in [1.82, 2.24) is 10.6 Å². The summed E-state index contributed by atoms with van der Waals surface area (Å²) in [4.78, 5) is 23.6. The van der Waals surface area contributed by atoms with E-state index in [2.05, 4.69) is 10.6 Å². The highest BCUT2D eigenvalue weighted by atomic mass is 32.1. The molecule has 0 saturated heterocycles. The molecule has 0 bridgehead atoms. The zero-order valence-corrected chi connectivity index (χ0v) is 10.7. The Kier molecular flexibility index (Phi) is 4.33. The number of carboxylic acid groups (broad SMARTS) is 1. The second-order valence-corrected chi connectivity index (χ2v) is 5.42. The standard InChI is InChI=1S/C12H16N2O3S/c15-10(13-6-9-2-1-5-18-9)7-14-11(12(16)17)8-3-4-8/h1-2,5,8,11,14H,3-4,6-7H2,(H,13,15)(H,16,17). The van der Waals surface area contributed by atoms with Crippen LogP contribution in [0, 0.1) is 5.92 Å². The molecule has 1 aromatic heterocycles. The number of hydrogen-bond acceptors (Lipinski definition) is 4. The van der Waals surface area contributed by atoms with Gasteiger partial charge in [-0.25, -0.2) is 0 Å². The fourth-order valence-electron chi connectivity index (χ4n) is 1.75. The van der Waals surface area contributed by atoms with Gasteiger partial charge >= 0.3 is 5.97 Å². The Morgan fingerprint density at radius 1 is 1.50 bits per heavy atom. The van der Waals surface area contributed by atoms with Crippen LogP contribution in [0.2, 0.25) is 0 Å². The molecule has 0 aliphatic heterocycles. The lowest BCUT2D eigenvalue weighted by Crippen LogP contribution is -2.44. The monoisotopic (exact) mass is 268 g/mol. The Balaban J connectivity index is 1.69. The minimum Gasteiger partial charge on any atom is -0.480 e. The summed E-state index contributed by atoms with van der Waals surface area (Å²) in [6.45, 7) is 0.554. The largest absolute Gasteiger partial charge is 0.480 e. The van der Waals surface area contributed by atoms with Crippen LogP contribution in [0.3, 0.4) is 0 Å². The molecular weight excluding hydrogens is 252 g/mol. The number of thiophene rings is 1. The van der Waals surface area contributed by atoms with Gasteiger partial charge in [-0.15, -0.1) is 11.3 Å². The highest BCUT2D eigenvalue weighted by Gasteiger charge is 2.36. The molecule has 1 amide bonds. The van der Waals surface area contributed by atoms with E-state index in [1.54, 1.807) is 11.3 Å². The molecule has 0 aromatic carbocycles. The lowest BCUT2D eigenvalue weighted by atomic mass is 10.2. The van der Waals surface area contributed by atoms with Gasteiger partial charge in [0, 0.05) is 4.88 Å². The summed E-state index contributed by atoms with van der Waals surface area (Å²) < 4.78 is 0. The van der Waals surface area contributed by atoms with Gasteiger partial charge in [-0.2, -0.15) is 0 Å². The maximum atomic E-state index is 11.5. The van der Waals surface area contributed by atoms with Crippen LogP contribution in [0.4, 0.5) is 0 Å². The van der Waals surface area contributed by atoms with Gasteiger partial charge in [0.1, 0.15) is 6.04 Å². The highest BCUT2D eigenvalue weighted by molar-refractivity contribution is 7.09.